The average molecular weight is 264 g/mol. The first-order valence-corrected chi connectivity index (χ1v) is 6.99. The molecule has 1 fully saturated rings. The van der Waals surface area contributed by atoms with Crippen LogP contribution >= 0.6 is 0 Å². The van der Waals surface area contributed by atoms with E-state index in [1.807, 2.05) is 25.1 Å². The van der Waals surface area contributed by atoms with Gasteiger partial charge in [0.2, 0.25) is 0 Å². The lowest BCUT2D eigenvalue weighted by Crippen LogP contribution is -2.55. The second-order valence-electron chi connectivity index (χ2n) is 6.13. The molecule has 106 valence electrons. The summed E-state index contributed by atoms with van der Waals surface area (Å²) >= 11 is 0. The molecule has 0 radical (unpaired) electrons. The van der Waals surface area contributed by atoms with Crippen LogP contribution in [0, 0.1) is 0 Å². The van der Waals surface area contributed by atoms with Crippen LogP contribution in [0.15, 0.2) is 24.3 Å². The van der Waals surface area contributed by atoms with Gasteiger partial charge in [-0.25, -0.2) is 0 Å². The predicted octanol–water partition coefficient (Wildman–Crippen LogP) is 2.90. The number of para-hydroxylation sites is 1. The van der Waals surface area contributed by atoms with Gasteiger partial charge in [-0.05, 0) is 24.0 Å². The highest BCUT2D eigenvalue weighted by atomic mass is 16.6. The lowest BCUT2D eigenvalue weighted by molar-refractivity contribution is -0.160. The van der Waals surface area contributed by atoms with Crippen molar-refractivity contribution in [1.82, 2.24) is 0 Å². The first-order valence-electron chi connectivity index (χ1n) is 6.99. The number of ether oxygens (including phenoxy) is 2. The molecule has 3 heteroatoms. The standard InChI is InChI=1S/C16H24O3/c1-5-18-15-12(17)10-14(15)19-13-9-7-6-8-11(13)16(2,3)4/h6-9,12,14-15,17H,5,10H2,1-4H3. The molecule has 2 rings (SSSR count). The summed E-state index contributed by atoms with van der Waals surface area (Å²) in [5.74, 6) is 0.900. The fourth-order valence-corrected chi connectivity index (χ4v) is 2.44. The maximum atomic E-state index is 9.71. The Balaban J connectivity index is 2.12. The molecule has 0 aromatic heterocycles. The molecule has 1 saturated carbocycles. The van der Waals surface area contributed by atoms with Gasteiger partial charge in [-0.3, -0.25) is 0 Å². The third kappa shape index (κ3) is 3.10. The van der Waals surface area contributed by atoms with E-state index in [9.17, 15) is 5.11 Å². The summed E-state index contributed by atoms with van der Waals surface area (Å²) in [5.41, 5.74) is 1.23. The fourth-order valence-electron chi connectivity index (χ4n) is 2.44. The smallest absolute Gasteiger partial charge is 0.130 e. The van der Waals surface area contributed by atoms with Gasteiger partial charge in [0.1, 0.15) is 18.0 Å². The average Bonchev–Trinajstić information content (AvgIpc) is 2.35. The summed E-state index contributed by atoms with van der Waals surface area (Å²) in [6, 6.07) is 8.10. The molecule has 1 aromatic carbocycles. The van der Waals surface area contributed by atoms with Crippen molar-refractivity contribution in [2.45, 2.75) is 57.8 Å². The molecule has 0 saturated heterocycles. The molecule has 0 amide bonds. The first-order chi connectivity index (χ1) is 8.93. The Morgan fingerprint density at radius 2 is 1.95 bits per heavy atom. The van der Waals surface area contributed by atoms with Gasteiger partial charge in [0, 0.05) is 13.0 Å². The van der Waals surface area contributed by atoms with Gasteiger partial charge in [-0.15, -0.1) is 0 Å². The van der Waals surface area contributed by atoms with Crippen LogP contribution in [-0.4, -0.2) is 30.0 Å². The number of aliphatic hydroxyl groups excluding tert-OH is 1. The second-order valence-corrected chi connectivity index (χ2v) is 6.13. The van der Waals surface area contributed by atoms with E-state index in [1.54, 1.807) is 0 Å². The van der Waals surface area contributed by atoms with Crippen LogP contribution in [0.5, 0.6) is 5.75 Å². The fraction of sp³-hybridized carbons (Fsp3) is 0.625. The zero-order chi connectivity index (χ0) is 14.0. The summed E-state index contributed by atoms with van der Waals surface area (Å²) in [5, 5.41) is 9.71. The molecule has 1 N–H and O–H groups in total. The van der Waals surface area contributed by atoms with Crippen LogP contribution in [0.1, 0.15) is 39.7 Å². The molecule has 1 aliphatic carbocycles. The van der Waals surface area contributed by atoms with Crippen LogP contribution in [0.2, 0.25) is 0 Å². The van der Waals surface area contributed by atoms with Gasteiger partial charge in [0.25, 0.3) is 0 Å². The number of aliphatic hydroxyl groups is 1. The van der Waals surface area contributed by atoms with Crippen molar-refractivity contribution in [2.75, 3.05) is 6.61 Å². The highest BCUT2D eigenvalue weighted by Gasteiger charge is 2.43. The maximum Gasteiger partial charge on any atom is 0.130 e. The maximum absolute atomic E-state index is 9.71. The molecule has 19 heavy (non-hydrogen) atoms. The summed E-state index contributed by atoms with van der Waals surface area (Å²) in [4.78, 5) is 0. The molecule has 1 aliphatic rings. The highest BCUT2D eigenvalue weighted by molar-refractivity contribution is 5.38. The third-order valence-corrected chi connectivity index (χ3v) is 3.55. The van der Waals surface area contributed by atoms with Crippen LogP contribution in [0.4, 0.5) is 0 Å². The Bertz CT molecular complexity index is 422. The number of rotatable bonds is 4. The van der Waals surface area contributed by atoms with Gasteiger partial charge >= 0.3 is 0 Å². The topological polar surface area (TPSA) is 38.7 Å². The minimum Gasteiger partial charge on any atom is -0.487 e. The number of hydrogen-bond donors (Lipinski definition) is 1. The Morgan fingerprint density at radius 1 is 1.26 bits per heavy atom. The van der Waals surface area contributed by atoms with E-state index in [0.29, 0.717) is 13.0 Å². The highest BCUT2D eigenvalue weighted by Crippen LogP contribution is 2.35. The van der Waals surface area contributed by atoms with Crippen LogP contribution in [0.25, 0.3) is 0 Å². The van der Waals surface area contributed by atoms with E-state index in [4.69, 9.17) is 9.47 Å². The van der Waals surface area contributed by atoms with Crippen molar-refractivity contribution in [2.24, 2.45) is 0 Å². The van der Waals surface area contributed by atoms with Gasteiger partial charge < -0.3 is 14.6 Å². The summed E-state index contributed by atoms with van der Waals surface area (Å²) < 4.78 is 11.6. The Morgan fingerprint density at radius 3 is 2.53 bits per heavy atom. The zero-order valence-electron chi connectivity index (χ0n) is 12.2. The molecular weight excluding hydrogens is 240 g/mol. The van der Waals surface area contributed by atoms with Gasteiger partial charge in [-0.2, -0.15) is 0 Å². The van der Waals surface area contributed by atoms with E-state index >= 15 is 0 Å². The Labute approximate surface area is 115 Å². The van der Waals surface area contributed by atoms with Crippen molar-refractivity contribution in [3.63, 3.8) is 0 Å². The van der Waals surface area contributed by atoms with Crippen molar-refractivity contribution in [3.05, 3.63) is 29.8 Å². The van der Waals surface area contributed by atoms with Crippen LogP contribution in [-0.2, 0) is 10.2 Å². The van der Waals surface area contributed by atoms with Gasteiger partial charge in [-0.1, -0.05) is 39.0 Å². The predicted molar refractivity (Wildman–Crippen MR) is 75.6 cm³/mol. The van der Waals surface area contributed by atoms with E-state index in [2.05, 4.69) is 26.8 Å². The largest absolute Gasteiger partial charge is 0.487 e. The number of benzene rings is 1. The molecule has 0 spiro atoms. The van der Waals surface area contributed by atoms with E-state index < -0.39 is 6.10 Å². The van der Waals surface area contributed by atoms with E-state index in [-0.39, 0.29) is 17.6 Å². The zero-order valence-corrected chi connectivity index (χ0v) is 12.2. The molecular formula is C16H24O3. The lowest BCUT2D eigenvalue weighted by Gasteiger charge is -2.41. The van der Waals surface area contributed by atoms with Crippen molar-refractivity contribution in [1.29, 1.82) is 0 Å². The molecule has 3 unspecified atom stereocenters. The quantitative estimate of drug-likeness (QED) is 0.908. The lowest BCUT2D eigenvalue weighted by atomic mass is 9.85. The summed E-state index contributed by atoms with van der Waals surface area (Å²) in [6.45, 7) is 9.05. The molecule has 0 bridgehead atoms. The Kier molecular flexibility index (Phi) is 4.16. The first kappa shape index (κ1) is 14.4. The van der Waals surface area contributed by atoms with Crippen LogP contribution < -0.4 is 4.74 Å². The second kappa shape index (κ2) is 5.51. The van der Waals surface area contributed by atoms with Gasteiger partial charge in [0.05, 0.1) is 6.10 Å². The minimum atomic E-state index is -0.397. The summed E-state index contributed by atoms with van der Waals surface area (Å²) in [6.07, 6.45) is 0.00610. The van der Waals surface area contributed by atoms with E-state index in [1.165, 1.54) is 5.56 Å². The summed E-state index contributed by atoms with van der Waals surface area (Å²) in [7, 11) is 0. The monoisotopic (exact) mass is 264 g/mol. The molecule has 3 atom stereocenters. The molecule has 1 aromatic rings. The SMILES string of the molecule is CCOC1C(O)CC1Oc1ccccc1C(C)(C)C. The minimum absolute atomic E-state index is 0.0417. The van der Waals surface area contributed by atoms with Crippen LogP contribution in [0.3, 0.4) is 0 Å². The van der Waals surface area contributed by atoms with Crippen molar-refractivity contribution >= 4 is 0 Å². The number of hydrogen-bond acceptors (Lipinski definition) is 3. The molecule has 0 heterocycles. The van der Waals surface area contributed by atoms with E-state index in [0.717, 1.165) is 5.75 Å². The van der Waals surface area contributed by atoms with Gasteiger partial charge in [0.15, 0.2) is 0 Å². The third-order valence-electron chi connectivity index (χ3n) is 3.55. The normalized spacial score (nSPS) is 26.9. The Hall–Kier alpha value is -1.06. The van der Waals surface area contributed by atoms with Crippen molar-refractivity contribution in [3.8, 4) is 5.75 Å². The molecule has 3 nitrogen and oxygen atoms in total. The van der Waals surface area contributed by atoms with Crippen molar-refractivity contribution < 1.29 is 14.6 Å². The molecule has 0 aliphatic heterocycles.